The Morgan fingerprint density at radius 3 is 2.56 bits per heavy atom. The van der Waals surface area contributed by atoms with Crippen molar-refractivity contribution in [3.05, 3.63) is 70.9 Å². The van der Waals surface area contributed by atoms with Crippen molar-refractivity contribution in [1.82, 2.24) is 5.32 Å². The Kier molecular flexibility index (Phi) is 5.77. The summed E-state index contributed by atoms with van der Waals surface area (Å²) in [5, 5.41) is 24.4. The van der Waals surface area contributed by atoms with Crippen molar-refractivity contribution in [3.63, 3.8) is 0 Å². The van der Waals surface area contributed by atoms with Crippen molar-refractivity contribution in [2.45, 2.75) is 38.6 Å². The molecule has 0 heterocycles. The minimum absolute atomic E-state index is 0.00659. The summed E-state index contributed by atoms with van der Waals surface area (Å²) in [7, 11) is 0. The zero-order chi connectivity index (χ0) is 19.2. The number of carbonyl (C=O) groups excluding carboxylic acids is 1. The summed E-state index contributed by atoms with van der Waals surface area (Å²) in [6.07, 6.45) is 6.04. The smallest absolute Gasteiger partial charge is 0.263 e. The molecule has 2 aromatic rings. The van der Waals surface area contributed by atoms with E-state index in [1.807, 2.05) is 13.0 Å². The molecule has 0 saturated heterocycles. The molecule has 0 saturated carbocycles. The number of rotatable bonds is 5. The lowest BCUT2D eigenvalue weighted by Gasteiger charge is -2.20. The lowest BCUT2D eigenvalue weighted by atomic mass is 9.89. The molecule has 3 rings (SSSR count). The van der Waals surface area contributed by atoms with Crippen molar-refractivity contribution < 1.29 is 9.90 Å². The summed E-state index contributed by atoms with van der Waals surface area (Å²) in [6, 6.07) is 14.5. The molecule has 27 heavy (non-hydrogen) atoms. The van der Waals surface area contributed by atoms with Crippen LogP contribution in [0.15, 0.2) is 54.2 Å². The maximum atomic E-state index is 12.4. The molecule has 0 bridgehead atoms. The van der Waals surface area contributed by atoms with Crippen LogP contribution < -0.4 is 10.6 Å². The van der Waals surface area contributed by atoms with Crippen LogP contribution >= 0.6 is 0 Å². The SMILES string of the molecule is CC(NC(=O)/C(C#N)=C\Nc1ccc(O)cc1)c1ccc2c(c1)CCCC2. The second kappa shape index (κ2) is 8.41. The first-order valence-corrected chi connectivity index (χ1v) is 9.15. The number of benzene rings is 2. The molecule has 1 aliphatic rings. The van der Waals surface area contributed by atoms with Gasteiger partial charge in [0, 0.05) is 11.9 Å². The molecule has 1 amide bonds. The Bertz CT molecular complexity index is 895. The van der Waals surface area contributed by atoms with Crippen LogP contribution in [-0.4, -0.2) is 11.0 Å². The Morgan fingerprint density at radius 2 is 1.85 bits per heavy atom. The molecule has 0 spiro atoms. The van der Waals surface area contributed by atoms with Gasteiger partial charge < -0.3 is 15.7 Å². The van der Waals surface area contributed by atoms with E-state index in [0.717, 1.165) is 18.4 Å². The molecule has 0 aromatic heterocycles. The van der Waals surface area contributed by atoms with Crippen LogP contribution in [0.4, 0.5) is 5.69 Å². The number of nitrogens with one attached hydrogen (secondary N) is 2. The average Bonchev–Trinajstić information content (AvgIpc) is 2.69. The molecule has 138 valence electrons. The first-order valence-electron chi connectivity index (χ1n) is 9.15. The number of amides is 1. The monoisotopic (exact) mass is 361 g/mol. The Hall–Kier alpha value is -3.26. The summed E-state index contributed by atoms with van der Waals surface area (Å²) in [6.45, 7) is 1.92. The molecule has 1 aliphatic carbocycles. The van der Waals surface area contributed by atoms with E-state index < -0.39 is 5.91 Å². The van der Waals surface area contributed by atoms with Crippen molar-refractivity contribution in [2.75, 3.05) is 5.32 Å². The molecule has 0 fully saturated rings. The number of hydrogen-bond acceptors (Lipinski definition) is 4. The maximum absolute atomic E-state index is 12.4. The summed E-state index contributed by atoms with van der Waals surface area (Å²) in [5.74, 6) is -0.268. The average molecular weight is 361 g/mol. The number of phenols is 1. The van der Waals surface area contributed by atoms with Gasteiger partial charge in [0.25, 0.3) is 5.91 Å². The summed E-state index contributed by atoms with van der Waals surface area (Å²) < 4.78 is 0. The summed E-state index contributed by atoms with van der Waals surface area (Å²) in [5.41, 5.74) is 4.49. The summed E-state index contributed by atoms with van der Waals surface area (Å²) in [4.78, 5) is 12.4. The van der Waals surface area contributed by atoms with Crippen LogP contribution in [0.1, 0.15) is 42.5 Å². The Morgan fingerprint density at radius 1 is 1.15 bits per heavy atom. The number of nitriles is 1. The number of aryl methyl sites for hydroxylation is 2. The highest BCUT2D eigenvalue weighted by atomic mass is 16.3. The first-order chi connectivity index (χ1) is 13.1. The van der Waals surface area contributed by atoms with E-state index in [-0.39, 0.29) is 17.4 Å². The zero-order valence-corrected chi connectivity index (χ0v) is 15.3. The quantitative estimate of drug-likeness (QED) is 0.427. The van der Waals surface area contributed by atoms with E-state index in [1.165, 1.54) is 42.3 Å². The highest BCUT2D eigenvalue weighted by Gasteiger charge is 2.16. The molecular weight excluding hydrogens is 338 g/mol. The van der Waals surface area contributed by atoms with E-state index in [9.17, 15) is 15.2 Å². The van der Waals surface area contributed by atoms with Crippen LogP contribution in [0.5, 0.6) is 5.75 Å². The number of aromatic hydroxyl groups is 1. The molecular formula is C22H23N3O2. The van der Waals surface area contributed by atoms with Crippen LogP contribution in [0.2, 0.25) is 0 Å². The van der Waals surface area contributed by atoms with Gasteiger partial charge in [0.2, 0.25) is 0 Å². The number of anilines is 1. The minimum Gasteiger partial charge on any atom is -0.508 e. The fraction of sp³-hybridized carbons (Fsp3) is 0.273. The van der Waals surface area contributed by atoms with Crippen LogP contribution in [0, 0.1) is 11.3 Å². The number of fused-ring (bicyclic) bond motifs is 1. The highest BCUT2D eigenvalue weighted by Crippen LogP contribution is 2.25. The lowest BCUT2D eigenvalue weighted by molar-refractivity contribution is -0.117. The highest BCUT2D eigenvalue weighted by molar-refractivity contribution is 5.97. The third-order valence-corrected chi connectivity index (χ3v) is 4.84. The summed E-state index contributed by atoms with van der Waals surface area (Å²) >= 11 is 0. The molecule has 0 radical (unpaired) electrons. The molecule has 1 unspecified atom stereocenters. The molecule has 3 N–H and O–H groups in total. The van der Waals surface area contributed by atoms with E-state index in [1.54, 1.807) is 12.1 Å². The standard InChI is InChI=1S/C22H23N3O2/c1-15(17-7-6-16-4-2-3-5-18(16)12-17)25-22(27)19(13-23)14-24-20-8-10-21(26)11-9-20/h6-12,14-15,24,26H,2-5H2,1H3,(H,25,27)/b19-14-. The maximum Gasteiger partial charge on any atom is 0.263 e. The van der Waals surface area contributed by atoms with E-state index in [2.05, 4.69) is 28.8 Å². The van der Waals surface area contributed by atoms with Gasteiger partial charge >= 0.3 is 0 Å². The minimum atomic E-state index is -0.422. The number of phenolic OH excluding ortho intramolecular Hbond substituents is 1. The first kappa shape index (κ1) is 18.5. The van der Waals surface area contributed by atoms with Crippen molar-refractivity contribution in [3.8, 4) is 11.8 Å². The Labute approximate surface area is 159 Å². The van der Waals surface area contributed by atoms with Gasteiger partial charge in [0.15, 0.2) is 0 Å². The fourth-order valence-electron chi connectivity index (χ4n) is 3.24. The number of nitrogens with zero attached hydrogens (tertiary/aromatic N) is 1. The van der Waals surface area contributed by atoms with Gasteiger partial charge in [-0.3, -0.25) is 4.79 Å². The fourth-order valence-corrected chi connectivity index (χ4v) is 3.24. The van der Waals surface area contributed by atoms with E-state index >= 15 is 0 Å². The molecule has 5 nitrogen and oxygen atoms in total. The van der Waals surface area contributed by atoms with Crippen LogP contribution in [0.25, 0.3) is 0 Å². The predicted octanol–water partition coefficient (Wildman–Crippen LogP) is 3.97. The number of carbonyl (C=O) groups is 1. The van der Waals surface area contributed by atoms with Gasteiger partial charge in [-0.05, 0) is 73.6 Å². The third kappa shape index (κ3) is 4.68. The van der Waals surface area contributed by atoms with Crippen molar-refractivity contribution in [1.29, 1.82) is 5.26 Å². The normalized spacial score (nSPS) is 14.6. The van der Waals surface area contributed by atoms with Crippen LogP contribution in [0.3, 0.4) is 0 Å². The van der Waals surface area contributed by atoms with Crippen molar-refractivity contribution in [2.24, 2.45) is 0 Å². The topological polar surface area (TPSA) is 85.2 Å². The molecule has 0 aliphatic heterocycles. The van der Waals surface area contributed by atoms with Gasteiger partial charge in [0.1, 0.15) is 17.4 Å². The van der Waals surface area contributed by atoms with Crippen LogP contribution in [-0.2, 0) is 17.6 Å². The van der Waals surface area contributed by atoms with E-state index in [4.69, 9.17) is 0 Å². The largest absolute Gasteiger partial charge is 0.508 e. The molecule has 5 heteroatoms. The second-order valence-corrected chi connectivity index (χ2v) is 6.79. The number of hydrogen-bond donors (Lipinski definition) is 3. The lowest BCUT2D eigenvalue weighted by Crippen LogP contribution is -2.28. The van der Waals surface area contributed by atoms with Gasteiger partial charge in [-0.2, -0.15) is 5.26 Å². The van der Waals surface area contributed by atoms with Gasteiger partial charge in [0.05, 0.1) is 6.04 Å². The second-order valence-electron chi connectivity index (χ2n) is 6.79. The zero-order valence-electron chi connectivity index (χ0n) is 15.3. The van der Waals surface area contributed by atoms with Gasteiger partial charge in [-0.15, -0.1) is 0 Å². The predicted molar refractivity (Wildman–Crippen MR) is 105 cm³/mol. The third-order valence-electron chi connectivity index (χ3n) is 4.84. The van der Waals surface area contributed by atoms with E-state index in [0.29, 0.717) is 5.69 Å². The van der Waals surface area contributed by atoms with Gasteiger partial charge in [-0.1, -0.05) is 18.2 Å². The van der Waals surface area contributed by atoms with Gasteiger partial charge in [-0.25, -0.2) is 0 Å². The Balaban J connectivity index is 1.66. The van der Waals surface area contributed by atoms with Crippen molar-refractivity contribution >= 4 is 11.6 Å². The molecule has 1 atom stereocenters. The molecule has 2 aromatic carbocycles.